The van der Waals surface area contributed by atoms with Crippen LogP contribution >= 0.6 is 0 Å². The molecule has 2 aliphatic heterocycles. The minimum Gasteiger partial charge on any atom is -0.489 e. The van der Waals surface area contributed by atoms with E-state index in [1.165, 1.54) is 0 Å². The van der Waals surface area contributed by atoms with Gasteiger partial charge in [0, 0.05) is 32.5 Å². The number of aromatic nitrogens is 1. The summed E-state index contributed by atoms with van der Waals surface area (Å²) in [5.74, 6) is 3.20. The molecule has 0 saturated carbocycles. The van der Waals surface area contributed by atoms with Crippen LogP contribution in [0.4, 0.5) is 11.6 Å². The second-order valence-corrected chi connectivity index (χ2v) is 9.37. The van der Waals surface area contributed by atoms with Gasteiger partial charge >= 0.3 is 0 Å². The highest BCUT2D eigenvalue weighted by Gasteiger charge is 2.32. The Hall–Kier alpha value is -2.60. The maximum absolute atomic E-state index is 11.3. The molecule has 0 aliphatic carbocycles. The third-order valence-corrected chi connectivity index (χ3v) is 6.31. The number of carbonyl (C=O) groups excluding carboxylic acids is 1. The average Bonchev–Trinajstić information content (AvgIpc) is 3.34. The molecule has 1 N–H and O–H groups in total. The quantitative estimate of drug-likeness (QED) is 0.731. The Bertz CT molecular complexity index is 912. The summed E-state index contributed by atoms with van der Waals surface area (Å²) >= 11 is 0. The summed E-state index contributed by atoms with van der Waals surface area (Å²) < 4.78 is 6.22. The summed E-state index contributed by atoms with van der Waals surface area (Å²) in [6.07, 6.45) is 2.41. The number of pyridine rings is 1. The molecule has 0 bridgehead atoms. The Morgan fingerprint density at radius 1 is 1.19 bits per heavy atom. The van der Waals surface area contributed by atoms with Gasteiger partial charge in [0.15, 0.2) is 0 Å². The number of anilines is 2. The molecule has 1 aromatic carbocycles. The van der Waals surface area contributed by atoms with Crippen LogP contribution in [0.2, 0.25) is 0 Å². The number of Topliss-reactive ketones (excluding diaryl/α,β-unsaturated/α-hetero) is 1. The lowest BCUT2D eigenvalue weighted by molar-refractivity contribution is -0.117. The minimum atomic E-state index is -0.635. The predicted molar refractivity (Wildman–Crippen MR) is 123 cm³/mol. The molecule has 1 aromatic heterocycles. The zero-order chi connectivity index (χ0) is 22.0. The van der Waals surface area contributed by atoms with Crippen LogP contribution in [0.1, 0.15) is 51.5 Å². The number of benzene rings is 1. The first kappa shape index (κ1) is 21.6. The number of carbonyl (C=O) groups is 1. The fraction of sp³-hybridized carbons (Fsp3) is 0.520. The Kier molecular flexibility index (Phi) is 6.19. The summed E-state index contributed by atoms with van der Waals surface area (Å²) in [6, 6.07) is 14.2. The first-order chi connectivity index (χ1) is 14.8. The molecular formula is C25H33N3O3. The molecule has 3 heterocycles. The zero-order valence-electron chi connectivity index (χ0n) is 18.8. The first-order valence-electron chi connectivity index (χ1n) is 11.2. The molecule has 0 spiro atoms. The lowest BCUT2D eigenvalue weighted by Gasteiger charge is -2.23. The number of ether oxygens (including phenoxy) is 1. The second kappa shape index (κ2) is 8.87. The van der Waals surface area contributed by atoms with Gasteiger partial charge in [0.1, 0.15) is 29.3 Å². The number of rotatable bonds is 7. The van der Waals surface area contributed by atoms with Crippen LogP contribution in [0.15, 0.2) is 42.5 Å². The SMILES string of the molecule is CC(=O)C[C@@H](C)c1ccc(O[C@@H]2CCN(c3cccc(N4CCC(C)(O)C4)n3)C2)cc1. The highest BCUT2D eigenvalue weighted by Crippen LogP contribution is 2.29. The highest BCUT2D eigenvalue weighted by atomic mass is 16.5. The lowest BCUT2D eigenvalue weighted by Crippen LogP contribution is -2.30. The Balaban J connectivity index is 1.35. The molecule has 2 saturated heterocycles. The maximum atomic E-state index is 11.3. The highest BCUT2D eigenvalue weighted by molar-refractivity contribution is 5.76. The van der Waals surface area contributed by atoms with Crippen LogP contribution in [-0.4, -0.2) is 53.8 Å². The lowest BCUT2D eigenvalue weighted by atomic mass is 9.96. The van der Waals surface area contributed by atoms with E-state index in [9.17, 15) is 9.90 Å². The Morgan fingerprint density at radius 2 is 1.90 bits per heavy atom. The van der Waals surface area contributed by atoms with Crippen molar-refractivity contribution in [2.45, 2.75) is 57.7 Å². The third-order valence-electron chi connectivity index (χ3n) is 6.31. The molecule has 3 atom stereocenters. The first-order valence-corrected chi connectivity index (χ1v) is 11.2. The molecule has 0 amide bonds. The van der Waals surface area contributed by atoms with Crippen LogP contribution in [0, 0.1) is 0 Å². The van der Waals surface area contributed by atoms with Crippen molar-refractivity contribution in [1.29, 1.82) is 0 Å². The van der Waals surface area contributed by atoms with E-state index in [4.69, 9.17) is 9.72 Å². The molecule has 4 rings (SSSR count). The van der Waals surface area contributed by atoms with Crippen molar-refractivity contribution in [2.24, 2.45) is 0 Å². The van der Waals surface area contributed by atoms with E-state index in [1.54, 1.807) is 6.92 Å². The van der Waals surface area contributed by atoms with Gasteiger partial charge in [-0.05, 0) is 56.0 Å². The van der Waals surface area contributed by atoms with Gasteiger partial charge in [0.2, 0.25) is 0 Å². The van der Waals surface area contributed by atoms with Crippen LogP contribution in [0.25, 0.3) is 0 Å². The summed E-state index contributed by atoms with van der Waals surface area (Å²) in [5.41, 5.74) is 0.529. The van der Waals surface area contributed by atoms with E-state index < -0.39 is 5.60 Å². The maximum Gasteiger partial charge on any atom is 0.131 e. The number of aliphatic hydroxyl groups is 1. The van der Waals surface area contributed by atoms with E-state index >= 15 is 0 Å². The van der Waals surface area contributed by atoms with Crippen LogP contribution in [0.3, 0.4) is 0 Å². The summed E-state index contributed by atoms with van der Waals surface area (Å²) in [5, 5.41) is 10.3. The van der Waals surface area contributed by atoms with Gasteiger partial charge in [-0.3, -0.25) is 0 Å². The van der Waals surface area contributed by atoms with E-state index in [-0.39, 0.29) is 17.8 Å². The molecule has 6 heteroatoms. The van der Waals surface area contributed by atoms with E-state index in [2.05, 4.69) is 28.9 Å². The summed E-state index contributed by atoms with van der Waals surface area (Å²) in [6.45, 7) is 8.76. The minimum absolute atomic E-state index is 0.124. The van der Waals surface area contributed by atoms with Gasteiger partial charge in [0.05, 0.1) is 12.1 Å². The molecule has 6 nitrogen and oxygen atoms in total. The van der Waals surface area contributed by atoms with E-state index in [0.717, 1.165) is 55.4 Å². The fourth-order valence-corrected chi connectivity index (χ4v) is 4.55. The van der Waals surface area contributed by atoms with Crippen LogP contribution < -0.4 is 14.5 Å². The van der Waals surface area contributed by atoms with Crippen molar-refractivity contribution >= 4 is 17.4 Å². The number of β-amino-alcohol motifs (C(OH)–C–C–N with tert-alkyl or cyclic N) is 1. The molecule has 1 unspecified atom stereocenters. The standard InChI is InChI=1S/C25H33N3O3/c1-18(15-19(2)29)20-7-9-21(10-8-20)31-22-11-13-27(16-22)23-5-4-6-24(26-23)28-14-12-25(3,30)17-28/h4-10,18,22,30H,11-17H2,1-3H3/t18-,22-,25?/m1/s1. The van der Waals surface area contributed by atoms with Crippen molar-refractivity contribution < 1.29 is 14.6 Å². The molecule has 2 aliphatic rings. The van der Waals surface area contributed by atoms with Crippen molar-refractivity contribution in [1.82, 2.24) is 4.98 Å². The summed E-state index contributed by atoms with van der Waals surface area (Å²) in [7, 11) is 0. The Labute approximate surface area is 184 Å². The molecule has 2 fully saturated rings. The number of ketones is 1. The number of nitrogens with zero attached hydrogens (tertiary/aromatic N) is 3. The average molecular weight is 424 g/mol. The molecule has 2 aromatic rings. The summed E-state index contributed by atoms with van der Waals surface area (Å²) in [4.78, 5) is 20.6. The third kappa shape index (κ3) is 5.37. The molecule has 0 radical (unpaired) electrons. The van der Waals surface area contributed by atoms with Crippen LogP contribution in [-0.2, 0) is 4.79 Å². The van der Waals surface area contributed by atoms with E-state index in [1.807, 2.05) is 37.3 Å². The van der Waals surface area contributed by atoms with E-state index in [0.29, 0.717) is 13.0 Å². The van der Waals surface area contributed by atoms with Gasteiger partial charge in [-0.1, -0.05) is 25.1 Å². The van der Waals surface area contributed by atoms with Crippen LogP contribution in [0.5, 0.6) is 5.75 Å². The van der Waals surface area contributed by atoms with Crippen molar-refractivity contribution in [3.63, 3.8) is 0 Å². The van der Waals surface area contributed by atoms with Gasteiger partial charge in [-0.15, -0.1) is 0 Å². The topological polar surface area (TPSA) is 65.9 Å². The molecule has 31 heavy (non-hydrogen) atoms. The normalized spacial score (nSPS) is 24.5. The molecule has 166 valence electrons. The van der Waals surface area contributed by atoms with Gasteiger partial charge in [0.25, 0.3) is 0 Å². The van der Waals surface area contributed by atoms with Crippen molar-refractivity contribution in [3.8, 4) is 5.75 Å². The fourth-order valence-electron chi connectivity index (χ4n) is 4.55. The van der Waals surface area contributed by atoms with Gasteiger partial charge in [-0.2, -0.15) is 0 Å². The second-order valence-electron chi connectivity index (χ2n) is 9.37. The zero-order valence-corrected chi connectivity index (χ0v) is 18.8. The smallest absolute Gasteiger partial charge is 0.131 e. The van der Waals surface area contributed by atoms with Gasteiger partial charge < -0.3 is 24.4 Å². The molecular weight excluding hydrogens is 390 g/mol. The Morgan fingerprint density at radius 3 is 2.55 bits per heavy atom. The number of hydrogen-bond donors (Lipinski definition) is 1. The number of hydrogen-bond acceptors (Lipinski definition) is 6. The van der Waals surface area contributed by atoms with Crippen molar-refractivity contribution in [2.75, 3.05) is 36.0 Å². The van der Waals surface area contributed by atoms with Crippen molar-refractivity contribution in [3.05, 3.63) is 48.0 Å². The predicted octanol–water partition coefficient (Wildman–Crippen LogP) is 3.78. The monoisotopic (exact) mass is 423 g/mol. The largest absolute Gasteiger partial charge is 0.489 e. The van der Waals surface area contributed by atoms with Gasteiger partial charge in [-0.25, -0.2) is 4.98 Å².